The molecule has 1 aromatic rings. The molecule has 1 fully saturated rings. The summed E-state index contributed by atoms with van der Waals surface area (Å²) in [5, 5.41) is 2.14. The second kappa shape index (κ2) is 4.33. The fraction of sp³-hybridized carbons (Fsp3) is 0.455. The zero-order chi connectivity index (χ0) is 10.7. The zero-order valence-corrected chi connectivity index (χ0v) is 9.41. The molecule has 0 aliphatic carbocycles. The van der Waals surface area contributed by atoms with E-state index in [1.165, 1.54) is 5.56 Å². The van der Waals surface area contributed by atoms with Crippen LogP contribution in [0.15, 0.2) is 30.3 Å². The molecule has 0 radical (unpaired) electrons. The van der Waals surface area contributed by atoms with Crippen molar-refractivity contribution in [3.8, 4) is 0 Å². The van der Waals surface area contributed by atoms with Crippen LogP contribution in [0.1, 0.15) is 12.0 Å². The Morgan fingerprint density at radius 3 is 2.60 bits per heavy atom. The fourth-order valence-electron chi connectivity index (χ4n) is 1.93. The van der Waals surface area contributed by atoms with Crippen LogP contribution in [0, 0.1) is 0 Å². The van der Waals surface area contributed by atoms with Crippen LogP contribution in [-0.4, -0.2) is 26.0 Å². The Balaban J connectivity index is 1.85. The summed E-state index contributed by atoms with van der Waals surface area (Å²) in [5.41, 5.74) is 1.25. The van der Waals surface area contributed by atoms with E-state index in [9.17, 15) is 8.42 Å². The molecule has 1 heterocycles. The second-order valence-corrected chi connectivity index (χ2v) is 6.32. The normalized spacial score (nSPS) is 24.1. The van der Waals surface area contributed by atoms with Crippen LogP contribution in [0.3, 0.4) is 0 Å². The first-order valence-electron chi connectivity index (χ1n) is 5.23. The van der Waals surface area contributed by atoms with E-state index in [1.807, 2.05) is 18.2 Å². The summed E-state index contributed by atoms with van der Waals surface area (Å²) in [6.07, 6.45) is 0.801. The molecule has 82 valence electrons. The molecule has 1 aliphatic heterocycles. The first kappa shape index (κ1) is 10.6. The summed E-state index contributed by atoms with van der Waals surface area (Å²) < 4.78 is 22.5. The van der Waals surface area contributed by atoms with Crippen molar-refractivity contribution in [1.29, 1.82) is 0 Å². The maximum Gasteiger partial charge on any atom is 0.156 e. The lowest BCUT2D eigenvalue weighted by atomic mass is 10.2. The Morgan fingerprint density at radius 1 is 1.27 bits per heavy atom. The first-order chi connectivity index (χ1) is 7.16. The van der Waals surface area contributed by atoms with Gasteiger partial charge in [-0.2, -0.15) is 0 Å². The predicted molar refractivity (Wildman–Crippen MR) is 59.1 cm³/mol. The molecular weight excluding hydrogens is 210 g/mol. The molecule has 1 aromatic carbocycles. The lowest BCUT2D eigenvalue weighted by Crippen LogP contribution is -2.89. The van der Waals surface area contributed by atoms with E-state index in [-0.39, 0.29) is 6.04 Å². The van der Waals surface area contributed by atoms with Gasteiger partial charge in [0.15, 0.2) is 9.84 Å². The van der Waals surface area contributed by atoms with Gasteiger partial charge in [-0.05, 0) is 0 Å². The van der Waals surface area contributed by atoms with Gasteiger partial charge in [-0.25, -0.2) is 8.42 Å². The minimum absolute atomic E-state index is 0.259. The molecule has 0 aromatic heterocycles. The lowest BCUT2D eigenvalue weighted by molar-refractivity contribution is -0.699. The zero-order valence-electron chi connectivity index (χ0n) is 8.59. The Kier molecular flexibility index (Phi) is 3.07. The highest BCUT2D eigenvalue weighted by Crippen LogP contribution is 2.08. The van der Waals surface area contributed by atoms with Crippen molar-refractivity contribution in [2.24, 2.45) is 0 Å². The van der Waals surface area contributed by atoms with E-state index in [4.69, 9.17) is 0 Å². The average Bonchev–Trinajstić information content (AvgIpc) is 2.57. The van der Waals surface area contributed by atoms with Gasteiger partial charge in [0.2, 0.25) is 0 Å². The van der Waals surface area contributed by atoms with E-state index >= 15 is 0 Å². The van der Waals surface area contributed by atoms with Crippen molar-refractivity contribution in [3.05, 3.63) is 35.9 Å². The van der Waals surface area contributed by atoms with Gasteiger partial charge >= 0.3 is 0 Å². The predicted octanol–water partition coefficient (Wildman–Crippen LogP) is -0.0629. The summed E-state index contributed by atoms with van der Waals surface area (Å²) in [6.45, 7) is 0.876. The highest BCUT2D eigenvalue weighted by Gasteiger charge is 2.30. The Hall–Kier alpha value is -0.870. The third kappa shape index (κ3) is 3.04. The van der Waals surface area contributed by atoms with Crippen LogP contribution in [0.2, 0.25) is 0 Å². The number of hydrogen-bond acceptors (Lipinski definition) is 2. The van der Waals surface area contributed by atoms with Gasteiger partial charge in [0, 0.05) is 12.0 Å². The van der Waals surface area contributed by atoms with Crippen LogP contribution < -0.4 is 5.32 Å². The van der Waals surface area contributed by atoms with Crippen molar-refractivity contribution in [3.63, 3.8) is 0 Å². The van der Waals surface area contributed by atoms with Gasteiger partial charge in [0.05, 0.1) is 5.75 Å². The maximum absolute atomic E-state index is 11.2. The summed E-state index contributed by atoms with van der Waals surface area (Å²) in [4.78, 5) is 0. The molecular formula is C11H16NO2S+. The number of hydrogen-bond donors (Lipinski definition) is 1. The summed E-state index contributed by atoms with van der Waals surface area (Å²) in [5.74, 6) is 0.711. The van der Waals surface area contributed by atoms with Gasteiger partial charge < -0.3 is 5.32 Å². The summed E-state index contributed by atoms with van der Waals surface area (Å²) >= 11 is 0. The molecule has 2 rings (SSSR count). The standard InChI is InChI=1S/C11H15NO2S/c13-15(14)7-6-11(9-15)12-8-10-4-2-1-3-5-10/h1-5,11-12H,6-9H2/p+1/t11-/m1/s1. The van der Waals surface area contributed by atoms with Crippen molar-refractivity contribution < 1.29 is 13.7 Å². The molecule has 15 heavy (non-hydrogen) atoms. The summed E-state index contributed by atoms with van der Waals surface area (Å²) in [6, 6.07) is 10.4. The van der Waals surface area contributed by atoms with E-state index in [0.717, 1.165) is 13.0 Å². The first-order valence-corrected chi connectivity index (χ1v) is 7.05. The quantitative estimate of drug-likeness (QED) is 0.785. The Labute approximate surface area is 90.4 Å². The van der Waals surface area contributed by atoms with Gasteiger partial charge in [-0.15, -0.1) is 0 Å². The van der Waals surface area contributed by atoms with Gasteiger partial charge in [-0.1, -0.05) is 30.3 Å². The molecule has 1 atom stereocenters. The Bertz CT molecular complexity index is 413. The van der Waals surface area contributed by atoms with Crippen LogP contribution in [-0.2, 0) is 16.4 Å². The van der Waals surface area contributed by atoms with E-state index < -0.39 is 9.84 Å². The highest BCUT2D eigenvalue weighted by atomic mass is 32.2. The van der Waals surface area contributed by atoms with Gasteiger partial charge in [0.1, 0.15) is 18.3 Å². The van der Waals surface area contributed by atoms with Crippen LogP contribution in [0.4, 0.5) is 0 Å². The topological polar surface area (TPSA) is 50.8 Å². The smallest absolute Gasteiger partial charge is 0.156 e. The van der Waals surface area contributed by atoms with Crippen LogP contribution in [0.5, 0.6) is 0 Å². The molecule has 2 N–H and O–H groups in total. The molecule has 0 amide bonds. The van der Waals surface area contributed by atoms with Gasteiger partial charge in [-0.3, -0.25) is 0 Å². The van der Waals surface area contributed by atoms with E-state index in [2.05, 4.69) is 17.4 Å². The van der Waals surface area contributed by atoms with Crippen molar-refractivity contribution in [2.45, 2.75) is 19.0 Å². The molecule has 0 saturated carbocycles. The monoisotopic (exact) mass is 226 g/mol. The molecule has 3 nitrogen and oxygen atoms in total. The SMILES string of the molecule is O=S1(=O)CC[C@@H]([NH2+]Cc2ccccc2)C1. The summed E-state index contributed by atoms with van der Waals surface area (Å²) in [7, 11) is -2.73. The molecule has 1 aliphatic rings. The molecule has 4 heteroatoms. The third-order valence-corrected chi connectivity index (χ3v) is 4.59. The highest BCUT2D eigenvalue weighted by molar-refractivity contribution is 7.91. The largest absolute Gasteiger partial charge is 0.339 e. The minimum atomic E-state index is -2.73. The molecule has 0 bridgehead atoms. The third-order valence-electron chi connectivity index (χ3n) is 2.80. The second-order valence-electron chi connectivity index (χ2n) is 4.09. The number of benzene rings is 1. The molecule has 0 spiro atoms. The molecule has 0 unspecified atom stereocenters. The van der Waals surface area contributed by atoms with E-state index in [1.54, 1.807) is 0 Å². The number of rotatable bonds is 3. The lowest BCUT2D eigenvalue weighted by Gasteiger charge is -2.06. The van der Waals surface area contributed by atoms with Crippen molar-refractivity contribution in [2.75, 3.05) is 11.5 Å². The van der Waals surface area contributed by atoms with Crippen molar-refractivity contribution in [1.82, 2.24) is 0 Å². The van der Waals surface area contributed by atoms with Crippen LogP contribution in [0.25, 0.3) is 0 Å². The van der Waals surface area contributed by atoms with Crippen LogP contribution >= 0.6 is 0 Å². The Morgan fingerprint density at radius 2 is 2.00 bits per heavy atom. The fourth-order valence-corrected chi connectivity index (χ4v) is 3.71. The number of sulfone groups is 1. The average molecular weight is 226 g/mol. The van der Waals surface area contributed by atoms with Gasteiger partial charge in [0.25, 0.3) is 0 Å². The maximum atomic E-state index is 11.2. The number of nitrogens with two attached hydrogens (primary N) is 1. The minimum Gasteiger partial charge on any atom is -0.339 e. The number of quaternary nitrogens is 1. The molecule has 1 saturated heterocycles. The van der Waals surface area contributed by atoms with E-state index in [0.29, 0.717) is 11.5 Å². The van der Waals surface area contributed by atoms with Crippen molar-refractivity contribution >= 4 is 9.84 Å².